The Balaban J connectivity index is 1.55. The average molecular weight is 374 g/mol. The van der Waals surface area contributed by atoms with Crippen molar-refractivity contribution in [2.24, 2.45) is 10.7 Å². The second kappa shape index (κ2) is 7.04. The predicted molar refractivity (Wildman–Crippen MR) is 96.7 cm³/mol. The highest BCUT2D eigenvalue weighted by atomic mass is 79.9. The van der Waals surface area contributed by atoms with Crippen LogP contribution >= 0.6 is 15.9 Å². The summed E-state index contributed by atoms with van der Waals surface area (Å²) in [4.78, 5) is 4.42. The van der Waals surface area contributed by atoms with Gasteiger partial charge in [-0.1, -0.05) is 46.3 Å². The van der Waals surface area contributed by atoms with Gasteiger partial charge in [0.25, 0.3) is 0 Å². The maximum absolute atomic E-state index is 6.01. The van der Waals surface area contributed by atoms with Crippen LogP contribution in [0.3, 0.4) is 0 Å². The SMILES string of the molecule is COc1ccccc1CN=C(N)N[C@@H]1C[C@H]1c1ccc(Br)cc1. The second-order valence-corrected chi connectivity index (χ2v) is 6.57. The monoisotopic (exact) mass is 373 g/mol. The number of nitrogens with two attached hydrogens (primary N) is 1. The number of aliphatic imine (C=N–C) groups is 1. The quantitative estimate of drug-likeness (QED) is 0.623. The Morgan fingerprint density at radius 2 is 2.00 bits per heavy atom. The average Bonchev–Trinajstić information content (AvgIpc) is 3.33. The van der Waals surface area contributed by atoms with Crippen molar-refractivity contribution in [2.45, 2.75) is 24.9 Å². The van der Waals surface area contributed by atoms with E-state index in [-0.39, 0.29) is 0 Å². The molecule has 0 bridgehead atoms. The largest absolute Gasteiger partial charge is 0.496 e. The fraction of sp³-hybridized carbons (Fsp3) is 0.278. The van der Waals surface area contributed by atoms with E-state index in [9.17, 15) is 0 Å². The number of ether oxygens (including phenoxy) is 1. The van der Waals surface area contributed by atoms with Gasteiger partial charge in [0.05, 0.1) is 13.7 Å². The first-order chi connectivity index (χ1) is 11.2. The minimum absolute atomic E-state index is 0.373. The third-order valence-electron chi connectivity index (χ3n) is 4.03. The van der Waals surface area contributed by atoms with Crippen LogP contribution in [0.15, 0.2) is 58.0 Å². The van der Waals surface area contributed by atoms with Gasteiger partial charge in [-0.25, -0.2) is 4.99 Å². The van der Waals surface area contributed by atoms with Gasteiger partial charge in [-0.15, -0.1) is 0 Å². The molecule has 0 amide bonds. The van der Waals surface area contributed by atoms with E-state index in [4.69, 9.17) is 10.5 Å². The van der Waals surface area contributed by atoms with Crippen LogP contribution in [0.4, 0.5) is 0 Å². The van der Waals surface area contributed by atoms with Crippen molar-refractivity contribution in [3.8, 4) is 5.75 Å². The van der Waals surface area contributed by atoms with Crippen molar-refractivity contribution in [1.29, 1.82) is 0 Å². The van der Waals surface area contributed by atoms with Gasteiger partial charge in [0.15, 0.2) is 5.96 Å². The molecule has 0 unspecified atom stereocenters. The van der Waals surface area contributed by atoms with Gasteiger partial charge >= 0.3 is 0 Å². The third-order valence-corrected chi connectivity index (χ3v) is 4.56. The standard InChI is InChI=1S/C18H20BrN3O/c1-23-17-5-3-2-4-13(17)11-21-18(20)22-16-10-15(16)12-6-8-14(19)9-7-12/h2-9,15-16H,10-11H2,1H3,(H3,20,21,22)/t15-,16+/m0/s1. The van der Waals surface area contributed by atoms with E-state index in [2.05, 4.69) is 50.5 Å². The first-order valence-corrected chi connectivity index (χ1v) is 8.40. The normalized spacial score (nSPS) is 20.2. The summed E-state index contributed by atoms with van der Waals surface area (Å²) in [6.45, 7) is 0.512. The lowest BCUT2D eigenvalue weighted by Gasteiger charge is -2.08. The molecule has 1 aliphatic rings. The maximum atomic E-state index is 6.01. The van der Waals surface area contributed by atoms with Crippen molar-refractivity contribution in [3.05, 3.63) is 64.1 Å². The van der Waals surface area contributed by atoms with Gasteiger partial charge in [-0.2, -0.15) is 0 Å². The summed E-state index contributed by atoms with van der Waals surface area (Å²) in [5.74, 6) is 1.84. The van der Waals surface area contributed by atoms with Crippen molar-refractivity contribution in [1.82, 2.24) is 5.32 Å². The molecule has 1 fully saturated rings. The summed E-state index contributed by atoms with van der Waals surface area (Å²) in [6.07, 6.45) is 1.09. The van der Waals surface area contributed by atoms with Crippen LogP contribution in [0.1, 0.15) is 23.5 Å². The summed E-state index contributed by atoms with van der Waals surface area (Å²) in [6, 6.07) is 16.7. The van der Waals surface area contributed by atoms with Crippen LogP contribution in [0.2, 0.25) is 0 Å². The van der Waals surface area contributed by atoms with Crippen molar-refractivity contribution >= 4 is 21.9 Å². The molecule has 0 saturated heterocycles. The predicted octanol–water partition coefficient (Wildman–Crippen LogP) is 3.42. The zero-order chi connectivity index (χ0) is 16.2. The van der Waals surface area contributed by atoms with Crippen LogP contribution in [0.5, 0.6) is 5.75 Å². The molecule has 1 saturated carbocycles. The third kappa shape index (κ3) is 4.05. The molecule has 23 heavy (non-hydrogen) atoms. The van der Waals surface area contributed by atoms with Crippen LogP contribution < -0.4 is 15.8 Å². The number of hydrogen-bond donors (Lipinski definition) is 2. The molecule has 5 heteroatoms. The van der Waals surface area contributed by atoms with Gasteiger partial charge in [0.1, 0.15) is 5.75 Å². The minimum Gasteiger partial charge on any atom is -0.496 e. The summed E-state index contributed by atoms with van der Waals surface area (Å²) in [5, 5.41) is 3.30. The minimum atomic E-state index is 0.373. The first-order valence-electron chi connectivity index (χ1n) is 7.61. The maximum Gasteiger partial charge on any atom is 0.189 e. The van der Waals surface area contributed by atoms with Crippen molar-refractivity contribution < 1.29 is 4.74 Å². The molecule has 0 spiro atoms. The Hall–Kier alpha value is -2.01. The topological polar surface area (TPSA) is 59.6 Å². The molecule has 1 aliphatic carbocycles. The lowest BCUT2D eigenvalue weighted by Crippen LogP contribution is -2.34. The van der Waals surface area contributed by atoms with Crippen LogP contribution in [0.25, 0.3) is 0 Å². The number of nitrogens with one attached hydrogen (secondary N) is 1. The highest BCUT2D eigenvalue weighted by Gasteiger charge is 2.38. The lowest BCUT2D eigenvalue weighted by molar-refractivity contribution is 0.410. The van der Waals surface area contributed by atoms with E-state index in [1.807, 2.05) is 24.3 Å². The second-order valence-electron chi connectivity index (χ2n) is 5.66. The van der Waals surface area contributed by atoms with Gasteiger partial charge in [-0.3, -0.25) is 0 Å². The number of benzene rings is 2. The van der Waals surface area contributed by atoms with Crippen molar-refractivity contribution in [3.63, 3.8) is 0 Å². The Labute approximate surface area is 144 Å². The van der Waals surface area contributed by atoms with E-state index in [0.717, 1.165) is 22.2 Å². The van der Waals surface area contributed by atoms with Gasteiger partial charge in [0, 0.05) is 22.0 Å². The Morgan fingerprint density at radius 1 is 1.26 bits per heavy atom. The summed E-state index contributed by atoms with van der Waals surface area (Å²) in [5.41, 5.74) is 8.37. The highest BCUT2D eigenvalue weighted by Crippen LogP contribution is 2.40. The number of guanidine groups is 1. The van der Waals surface area contributed by atoms with E-state index >= 15 is 0 Å². The molecule has 4 nitrogen and oxygen atoms in total. The van der Waals surface area contributed by atoms with Gasteiger partial charge in [-0.05, 0) is 30.2 Å². The molecule has 3 rings (SSSR count). The number of nitrogens with zero attached hydrogens (tertiary/aromatic N) is 1. The number of para-hydroxylation sites is 1. The molecular formula is C18H20BrN3O. The molecule has 2 atom stereocenters. The Morgan fingerprint density at radius 3 is 2.74 bits per heavy atom. The molecule has 0 aliphatic heterocycles. The molecule has 0 radical (unpaired) electrons. The molecule has 3 N–H and O–H groups in total. The van der Waals surface area contributed by atoms with E-state index in [1.54, 1.807) is 7.11 Å². The van der Waals surface area contributed by atoms with Crippen LogP contribution in [-0.2, 0) is 6.54 Å². The lowest BCUT2D eigenvalue weighted by atomic mass is 10.1. The Bertz CT molecular complexity index is 700. The van der Waals surface area contributed by atoms with Gasteiger partial charge in [0.2, 0.25) is 0 Å². The highest BCUT2D eigenvalue weighted by molar-refractivity contribution is 9.10. The Kier molecular flexibility index (Phi) is 4.86. The molecule has 2 aromatic rings. The van der Waals surface area contributed by atoms with E-state index in [1.165, 1.54) is 5.56 Å². The van der Waals surface area contributed by atoms with Crippen molar-refractivity contribution in [2.75, 3.05) is 7.11 Å². The smallest absolute Gasteiger partial charge is 0.189 e. The van der Waals surface area contributed by atoms with E-state index < -0.39 is 0 Å². The summed E-state index contributed by atoms with van der Waals surface area (Å²) < 4.78 is 6.42. The number of methoxy groups -OCH3 is 1. The molecule has 120 valence electrons. The number of halogens is 1. The molecule has 0 aromatic heterocycles. The zero-order valence-corrected chi connectivity index (χ0v) is 14.6. The molecular weight excluding hydrogens is 354 g/mol. The van der Waals surface area contributed by atoms with Crippen LogP contribution in [-0.4, -0.2) is 19.1 Å². The molecule has 0 heterocycles. The fourth-order valence-corrected chi connectivity index (χ4v) is 2.94. The molecule has 2 aromatic carbocycles. The fourth-order valence-electron chi connectivity index (χ4n) is 2.67. The zero-order valence-electron chi connectivity index (χ0n) is 13.0. The van der Waals surface area contributed by atoms with Gasteiger partial charge < -0.3 is 15.8 Å². The summed E-state index contributed by atoms with van der Waals surface area (Å²) >= 11 is 3.46. The number of hydrogen-bond acceptors (Lipinski definition) is 2. The first kappa shape index (κ1) is 15.9. The number of rotatable bonds is 5. The summed E-state index contributed by atoms with van der Waals surface area (Å²) in [7, 11) is 1.66. The van der Waals surface area contributed by atoms with Crippen LogP contribution in [0, 0.1) is 0 Å². The van der Waals surface area contributed by atoms with E-state index in [0.29, 0.717) is 24.5 Å².